The minimum Gasteiger partial charge on any atom is -0.357 e. The summed E-state index contributed by atoms with van der Waals surface area (Å²) in [5.74, 6) is 2.85. The van der Waals surface area contributed by atoms with Crippen LogP contribution in [0.25, 0.3) is 0 Å². The number of aromatic nitrogens is 2. The number of rotatable bonds is 4. The van der Waals surface area contributed by atoms with Crippen molar-refractivity contribution in [3.63, 3.8) is 0 Å². The summed E-state index contributed by atoms with van der Waals surface area (Å²) in [4.78, 5) is 13.9. The highest BCUT2D eigenvalue weighted by Gasteiger charge is 2.28. The summed E-state index contributed by atoms with van der Waals surface area (Å²) in [6.45, 7) is 10.5. The summed E-state index contributed by atoms with van der Waals surface area (Å²) < 4.78 is 0. The summed E-state index contributed by atoms with van der Waals surface area (Å²) in [5, 5.41) is 0. The first-order valence-corrected chi connectivity index (χ1v) is 8.11. The number of hydrogen-bond donors (Lipinski definition) is 0. The van der Waals surface area contributed by atoms with E-state index in [9.17, 15) is 0 Å². The molecule has 1 unspecified atom stereocenters. The van der Waals surface area contributed by atoms with Gasteiger partial charge in [0.05, 0.1) is 0 Å². The van der Waals surface area contributed by atoms with E-state index in [0.29, 0.717) is 6.04 Å². The van der Waals surface area contributed by atoms with Gasteiger partial charge in [0.25, 0.3) is 0 Å². The number of benzene rings is 1. The number of nitrogens with zero attached hydrogens (tertiary/aromatic N) is 4. The lowest BCUT2D eigenvalue weighted by Crippen LogP contribution is -2.27. The van der Waals surface area contributed by atoms with E-state index in [-0.39, 0.29) is 0 Å². The van der Waals surface area contributed by atoms with E-state index < -0.39 is 0 Å². The lowest BCUT2D eigenvalue weighted by atomic mass is 10.1. The van der Waals surface area contributed by atoms with Crippen LogP contribution in [0.1, 0.15) is 32.2 Å². The minimum absolute atomic E-state index is 0.427. The highest BCUT2D eigenvalue weighted by molar-refractivity contribution is 5.70. The van der Waals surface area contributed by atoms with Crippen LogP contribution in [0, 0.1) is 6.92 Å². The summed E-state index contributed by atoms with van der Waals surface area (Å²) in [5.41, 5.74) is 2.68. The molecule has 4 heteroatoms. The lowest BCUT2D eigenvalue weighted by Gasteiger charge is -2.26. The summed E-state index contributed by atoms with van der Waals surface area (Å²) in [7, 11) is 0. The van der Waals surface area contributed by atoms with E-state index in [1.807, 2.05) is 6.92 Å². The minimum atomic E-state index is 0.427. The van der Waals surface area contributed by atoms with Gasteiger partial charge in [-0.15, -0.1) is 0 Å². The molecule has 22 heavy (non-hydrogen) atoms. The zero-order valence-electron chi connectivity index (χ0n) is 13.9. The molecular formula is C18H24N4. The van der Waals surface area contributed by atoms with Crippen LogP contribution in [0.3, 0.4) is 0 Å². The number of aryl methyl sites for hydroxylation is 1. The van der Waals surface area contributed by atoms with Gasteiger partial charge in [0, 0.05) is 30.9 Å². The number of fused-ring (bicyclic) bond motifs is 1. The first kappa shape index (κ1) is 14.8. The van der Waals surface area contributed by atoms with Gasteiger partial charge >= 0.3 is 0 Å². The number of anilines is 3. The van der Waals surface area contributed by atoms with Crippen LogP contribution >= 0.6 is 0 Å². The maximum Gasteiger partial charge on any atom is 0.139 e. The summed E-state index contributed by atoms with van der Waals surface area (Å²) in [6, 6.07) is 11.2. The Kier molecular flexibility index (Phi) is 4.01. The Hall–Kier alpha value is -2.10. The van der Waals surface area contributed by atoms with Crippen molar-refractivity contribution in [2.24, 2.45) is 0 Å². The van der Waals surface area contributed by atoms with Crippen molar-refractivity contribution in [1.29, 1.82) is 0 Å². The van der Waals surface area contributed by atoms with E-state index in [0.717, 1.165) is 37.0 Å². The maximum atomic E-state index is 4.70. The molecule has 1 aromatic carbocycles. The molecule has 2 heterocycles. The van der Waals surface area contributed by atoms with Crippen molar-refractivity contribution >= 4 is 17.3 Å². The van der Waals surface area contributed by atoms with Crippen molar-refractivity contribution in [3.05, 3.63) is 41.7 Å². The van der Waals surface area contributed by atoms with Crippen LogP contribution in [0.4, 0.5) is 17.3 Å². The second-order valence-corrected chi connectivity index (χ2v) is 5.86. The topological polar surface area (TPSA) is 32.3 Å². The fourth-order valence-electron chi connectivity index (χ4n) is 3.28. The van der Waals surface area contributed by atoms with Crippen molar-refractivity contribution in [3.8, 4) is 0 Å². The van der Waals surface area contributed by atoms with E-state index >= 15 is 0 Å². The Morgan fingerprint density at radius 2 is 1.91 bits per heavy atom. The van der Waals surface area contributed by atoms with Crippen LogP contribution in [0.2, 0.25) is 0 Å². The van der Waals surface area contributed by atoms with Crippen LogP contribution < -0.4 is 9.80 Å². The predicted octanol–water partition coefficient (Wildman–Crippen LogP) is 3.71. The maximum absolute atomic E-state index is 4.70. The van der Waals surface area contributed by atoms with Gasteiger partial charge in [-0.1, -0.05) is 18.2 Å². The molecule has 0 saturated heterocycles. The van der Waals surface area contributed by atoms with Crippen LogP contribution in [0.15, 0.2) is 30.3 Å². The van der Waals surface area contributed by atoms with Crippen molar-refractivity contribution < 1.29 is 0 Å². The van der Waals surface area contributed by atoms with Crippen LogP contribution in [-0.2, 0) is 6.42 Å². The van der Waals surface area contributed by atoms with Gasteiger partial charge in [-0.05, 0) is 45.7 Å². The average Bonchev–Trinajstić information content (AvgIpc) is 2.83. The molecule has 0 fully saturated rings. The zero-order valence-corrected chi connectivity index (χ0v) is 13.9. The van der Waals surface area contributed by atoms with Gasteiger partial charge in [-0.3, -0.25) is 0 Å². The lowest BCUT2D eigenvalue weighted by molar-refractivity contribution is 0.744. The van der Waals surface area contributed by atoms with Crippen molar-refractivity contribution in [2.75, 3.05) is 22.9 Å². The van der Waals surface area contributed by atoms with Crippen molar-refractivity contribution in [2.45, 2.75) is 40.2 Å². The molecule has 0 spiro atoms. The molecule has 3 rings (SSSR count). The third-order valence-corrected chi connectivity index (χ3v) is 4.35. The van der Waals surface area contributed by atoms with Gasteiger partial charge < -0.3 is 9.80 Å². The predicted molar refractivity (Wildman–Crippen MR) is 92.1 cm³/mol. The average molecular weight is 296 g/mol. The molecule has 116 valence electrons. The number of hydrogen-bond acceptors (Lipinski definition) is 4. The molecule has 1 aliphatic rings. The van der Waals surface area contributed by atoms with Crippen LogP contribution in [-0.4, -0.2) is 29.1 Å². The second kappa shape index (κ2) is 5.95. The highest BCUT2D eigenvalue weighted by atomic mass is 15.3. The Labute approximate surface area is 132 Å². The molecule has 0 aliphatic carbocycles. The molecule has 1 aliphatic heterocycles. The van der Waals surface area contributed by atoms with Gasteiger partial charge in [-0.2, -0.15) is 0 Å². The first-order valence-electron chi connectivity index (χ1n) is 8.11. The van der Waals surface area contributed by atoms with E-state index in [2.05, 4.69) is 65.9 Å². The molecule has 0 radical (unpaired) electrons. The molecular weight excluding hydrogens is 272 g/mol. The molecule has 4 nitrogen and oxygen atoms in total. The molecule has 1 aromatic heterocycles. The third kappa shape index (κ3) is 2.54. The summed E-state index contributed by atoms with van der Waals surface area (Å²) >= 11 is 0. The van der Waals surface area contributed by atoms with Crippen molar-refractivity contribution in [1.82, 2.24) is 9.97 Å². The molecule has 2 aromatic rings. The number of para-hydroxylation sites is 1. The van der Waals surface area contributed by atoms with Gasteiger partial charge in [-0.25, -0.2) is 9.97 Å². The fourth-order valence-corrected chi connectivity index (χ4v) is 3.28. The molecule has 0 amide bonds. The molecule has 0 bridgehead atoms. The Balaban J connectivity index is 2.05. The normalized spacial score (nSPS) is 16.7. The Bertz CT molecular complexity index is 664. The zero-order chi connectivity index (χ0) is 15.7. The summed E-state index contributed by atoms with van der Waals surface area (Å²) in [6.07, 6.45) is 1.07. The first-order chi connectivity index (χ1) is 10.6. The molecule has 0 N–H and O–H groups in total. The van der Waals surface area contributed by atoms with Crippen LogP contribution in [0.5, 0.6) is 0 Å². The monoisotopic (exact) mass is 296 g/mol. The quantitative estimate of drug-likeness (QED) is 0.861. The van der Waals surface area contributed by atoms with Gasteiger partial charge in [0.2, 0.25) is 0 Å². The van der Waals surface area contributed by atoms with Gasteiger partial charge in [0.15, 0.2) is 0 Å². The molecule has 1 atom stereocenters. The van der Waals surface area contributed by atoms with E-state index in [4.69, 9.17) is 4.98 Å². The van der Waals surface area contributed by atoms with E-state index in [1.165, 1.54) is 11.3 Å². The fraction of sp³-hybridized carbons (Fsp3) is 0.444. The molecule has 0 saturated carbocycles. The Morgan fingerprint density at radius 3 is 2.64 bits per heavy atom. The third-order valence-electron chi connectivity index (χ3n) is 4.35. The van der Waals surface area contributed by atoms with Gasteiger partial charge in [0.1, 0.15) is 17.5 Å². The smallest absolute Gasteiger partial charge is 0.139 e. The Morgan fingerprint density at radius 1 is 1.18 bits per heavy atom. The second-order valence-electron chi connectivity index (χ2n) is 5.86. The van der Waals surface area contributed by atoms with E-state index in [1.54, 1.807) is 0 Å². The largest absolute Gasteiger partial charge is 0.357 e. The highest BCUT2D eigenvalue weighted by Crippen LogP contribution is 2.37. The SMILES string of the molecule is CCN(CC)c1cc(N2c3ccccc3CC2C)nc(C)n1. The standard InChI is InChI=1S/C18H24N4/c1-5-21(6-2)17-12-18(20-14(4)19-17)22-13(3)11-15-9-7-8-10-16(15)22/h7-10,12-13H,5-6,11H2,1-4H3.